The average molecular weight is 477 g/mol. The molecule has 1 aromatic heterocycles. The number of carbonyl (C=O) groups excluding carboxylic acids is 1. The van der Waals surface area contributed by atoms with Gasteiger partial charge in [-0.25, -0.2) is 13.6 Å². The molecule has 4 rings (SSSR count). The maximum Gasteiger partial charge on any atom is 0.221 e. The van der Waals surface area contributed by atoms with Gasteiger partial charge >= 0.3 is 0 Å². The number of primary amides is 1. The SMILES string of the molecule is CC(C)(C)c1nc([C@@H]2CC[C@H](F)C[C@H]2C(N)=O)c(-c2ccc(N3CCS(=N)(=O)CC3)cc2)o1. The van der Waals surface area contributed by atoms with Crippen LogP contribution in [0.3, 0.4) is 0 Å². The molecule has 7 nitrogen and oxygen atoms in total. The van der Waals surface area contributed by atoms with Gasteiger partial charge in [-0.1, -0.05) is 20.8 Å². The molecule has 0 bridgehead atoms. The maximum atomic E-state index is 14.1. The van der Waals surface area contributed by atoms with Crippen LogP contribution in [0.25, 0.3) is 11.3 Å². The molecule has 1 aromatic carbocycles. The van der Waals surface area contributed by atoms with Crippen molar-refractivity contribution in [2.45, 2.75) is 57.5 Å². The summed E-state index contributed by atoms with van der Waals surface area (Å²) in [7, 11) is -2.45. The van der Waals surface area contributed by atoms with Crippen LogP contribution in [0.4, 0.5) is 10.1 Å². The van der Waals surface area contributed by atoms with Crippen LogP contribution in [0.1, 0.15) is 57.5 Å². The molecule has 9 heteroatoms. The van der Waals surface area contributed by atoms with Gasteiger partial charge in [-0.15, -0.1) is 0 Å². The number of rotatable bonds is 4. The second-order valence-corrected chi connectivity index (χ2v) is 12.7. The van der Waals surface area contributed by atoms with Gasteiger partial charge in [-0.3, -0.25) is 9.57 Å². The Balaban J connectivity index is 1.68. The van der Waals surface area contributed by atoms with Crippen molar-refractivity contribution >= 4 is 21.3 Å². The summed E-state index contributed by atoms with van der Waals surface area (Å²) in [6, 6.07) is 7.88. The fraction of sp³-hybridized carbons (Fsp3) is 0.583. The minimum absolute atomic E-state index is 0.115. The highest BCUT2D eigenvalue weighted by Gasteiger charge is 2.39. The minimum atomic E-state index is -2.45. The summed E-state index contributed by atoms with van der Waals surface area (Å²) in [5.41, 5.74) is 7.84. The van der Waals surface area contributed by atoms with E-state index in [2.05, 4.69) is 4.90 Å². The molecular formula is C24H33FN4O3S. The number of nitrogens with one attached hydrogen (secondary N) is 1. The van der Waals surface area contributed by atoms with E-state index in [4.69, 9.17) is 19.9 Å². The van der Waals surface area contributed by atoms with Crippen molar-refractivity contribution in [1.82, 2.24) is 4.98 Å². The Labute approximate surface area is 194 Å². The van der Waals surface area contributed by atoms with E-state index in [9.17, 15) is 13.4 Å². The predicted molar refractivity (Wildman–Crippen MR) is 128 cm³/mol. The Morgan fingerprint density at radius 3 is 2.42 bits per heavy atom. The van der Waals surface area contributed by atoms with E-state index >= 15 is 0 Å². The van der Waals surface area contributed by atoms with Gasteiger partial charge in [0.25, 0.3) is 0 Å². The van der Waals surface area contributed by atoms with Gasteiger partial charge in [-0.05, 0) is 43.5 Å². The highest BCUT2D eigenvalue weighted by Crippen LogP contribution is 2.44. The monoisotopic (exact) mass is 476 g/mol. The number of hydrogen-bond acceptors (Lipinski definition) is 6. The Kier molecular flexibility index (Phi) is 6.28. The van der Waals surface area contributed by atoms with Crippen LogP contribution in [0.15, 0.2) is 28.7 Å². The highest BCUT2D eigenvalue weighted by atomic mass is 32.2. The van der Waals surface area contributed by atoms with Crippen molar-refractivity contribution in [3.63, 3.8) is 0 Å². The summed E-state index contributed by atoms with van der Waals surface area (Å²) in [6.07, 6.45) is -0.0440. The lowest BCUT2D eigenvalue weighted by Gasteiger charge is -2.31. The van der Waals surface area contributed by atoms with Gasteiger partial charge in [0.15, 0.2) is 5.76 Å². The summed E-state index contributed by atoms with van der Waals surface area (Å²) in [4.78, 5) is 19.1. The van der Waals surface area contributed by atoms with E-state index in [1.165, 1.54) is 0 Å². The van der Waals surface area contributed by atoms with E-state index in [0.29, 0.717) is 54.8 Å². The van der Waals surface area contributed by atoms with Gasteiger partial charge in [-0.2, -0.15) is 0 Å². The zero-order valence-electron chi connectivity index (χ0n) is 19.5. The van der Waals surface area contributed by atoms with Gasteiger partial charge < -0.3 is 15.1 Å². The molecule has 2 aliphatic rings. The van der Waals surface area contributed by atoms with Crippen molar-refractivity contribution in [3.05, 3.63) is 35.9 Å². The van der Waals surface area contributed by atoms with Gasteiger partial charge in [0, 0.05) is 62.8 Å². The van der Waals surface area contributed by atoms with Crippen LogP contribution in [-0.4, -0.2) is 45.9 Å². The summed E-state index contributed by atoms with van der Waals surface area (Å²) >= 11 is 0. The number of oxazole rings is 1. The molecule has 1 aliphatic heterocycles. The Hall–Kier alpha value is -2.42. The first-order valence-electron chi connectivity index (χ1n) is 11.5. The summed E-state index contributed by atoms with van der Waals surface area (Å²) in [5.74, 6) is 0.536. The van der Waals surface area contributed by atoms with Crippen LogP contribution >= 0.6 is 0 Å². The molecule has 1 aliphatic carbocycles. The number of anilines is 1. The Morgan fingerprint density at radius 1 is 1.21 bits per heavy atom. The van der Waals surface area contributed by atoms with Crippen molar-refractivity contribution in [2.75, 3.05) is 29.5 Å². The first-order valence-corrected chi connectivity index (χ1v) is 13.4. The van der Waals surface area contributed by atoms with E-state index in [0.717, 1.165) is 11.3 Å². The Morgan fingerprint density at radius 2 is 1.85 bits per heavy atom. The molecule has 2 fully saturated rings. The van der Waals surface area contributed by atoms with E-state index in [1.807, 2.05) is 45.0 Å². The molecule has 0 radical (unpaired) electrons. The fourth-order valence-corrected chi connectivity index (χ4v) is 5.92. The molecule has 0 unspecified atom stereocenters. The molecule has 180 valence electrons. The molecule has 33 heavy (non-hydrogen) atoms. The number of alkyl halides is 1. The molecule has 3 N–H and O–H groups in total. The largest absolute Gasteiger partial charge is 0.440 e. The van der Waals surface area contributed by atoms with E-state index in [-0.39, 0.29) is 17.8 Å². The molecule has 3 atom stereocenters. The number of halogens is 1. The topological polar surface area (TPSA) is 113 Å². The van der Waals surface area contributed by atoms with Crippen LogP contribution < -0.4 is 10.6 Å². The lowest BCUT2D eigenvalue weighted by Crippen LogP contribution is -2.39. The number of nitrogens with two attached hydrogens (primary N) is 1. The van der Waals surface area contributed by atoms with Crippen molar-refractivity contribution < 1.29 is 17.8 Å². The number of nitrogens with zero attached hydrogens (tertiary/aromatic N) is 2. The zero-order valence-corrected chi connectivity index (χ0v) is 20.3. The second-order valence-electron chi connectivity index (χ2n) is 10.3. The minimum Gasteiger partial charge on any atom is -0.440 e. The quantitative estimate of drug-likeness (QED) is 0.686. The first-order chi connectivity index (χ1) is 15.4. The van der Waals surface area contributed by atoms with E-state index < -0.39 is 27.7 Å². The summed E-state index contributed by atoms with van der Waals surface area (Å²) < 4.78 is 40.1. The molecule has 1 saturated carbocycles. The number of aromatic nitrogens is 1. The smallest absolute Gasteiger partial charge is 0.221 e. The maximum absolute atomic E-state index is 14.1. The lowest BCUT2D eigenvalue weighted by molar-refractivity contribution is -0.124. The number of carbonyl (C=O) groups is 1. The third kappa shape index (κ3) is 5.08. The van der Waals surface area contributed by atoms with Crippen molar-refractivity contribution in [2.24, 2.45) is 11.7 Å². The van der Waals surface area contributed by atoms with Gasteiger partial charge in [0.2, 0.25) is 11.8 Å². The van der Waals surface area contributed by atoms with Crippen LogP contribution in [0.5, 0.6) is 0 Å². The number of hydrogen-bond donors (Lipinski definition) is 2. The van der Waals surface area contributed by atoms with Crippen LogP contribution in [0.2, 0.25) is 0 Å². The predicted octanol–water partition coefficient (Wildman–Crippen LogP) is 4.21. The molecule has 2 heterocycles. The molecule has 0 spiro atoms. The fourth-order valence-electron chi connectivity index (χ4n) is 4.68. The van der Waals surface area contributed by atoms with Gasteiger partial charge in [0.05, 0.1) is 5.69 Å². The molecular weight excluding hydrogens is 443 g/mol. The lowest BCUT2D eigenvalue weighted by atomic mass is 9.75. The molecule has 1 amide bonds. The molecule has 1 saturated heterocycles. The van der Waals surface area contributed by atoms with Gasteiger partial charge in [0.1, 0.15) is 6.17 Å². The van der Waals surface area contributed by atoms with Crippen molar-refractivity contribution in [3.8, 4) is 11.3 Å². The second kappa shape index (κ2) is 8.74. The Bertz CT molecular complexity index is 1110. The standard InChI is InChI=1S/C24H33FN4O3S/c1-24(2,3)23-28-20(18-9-6-16(25)14-19(18)22(26)30)21(32-23)15-4-7-17(8-5-15)29-10-12-33(27,31)13-11-29/h4-5,7-8,16,18-19,27H,6,9-14H2,1-3H3,(H2,26,30)/t16-,18+,19+/m0/s1. The molecule has 2 aromatic rings. The third-order valence-electron chi connectivity index (χ3n) is 6.67. The van der Waals surface area contributed by atoms with Crippen LogP contribution in [0, 0.1) is 10.7 Å². The average Bonchev–Trinajstić information content (AvgIpc) is 3.20. The van der Waals surface area contributed by atoms with Crippen molar-refractivity contribution in [1.29, 1.82) is 4.78 Å². The van der Waals surface area contributed by atoms with Crippen LogP contribution in [-0.2, 0) is 19.9 Å². The van der Waals surface area contributed by atoms with E-state index in [1.54, 1.807) is 0 Å². The summed E-state index contributed by atoms with van der Waals surface area (Å²) in [6.45, 7) is 7.23. The number of amides is 1. The zero-order chi connectivity index (χ0) is 24.0. The third-order valence-corrected chi connectivity index (χ3v) is 8.36. The first kappa shape index (κ1) is 23.7. The highest BCUT2D eigenvalue weighted by molar-refractivity contribution is 7.92. The summed E-state index contributed by atoms with van der Waals surface area (Å²) in [5, 5.41) is 0. The normalized spacial score (nSPS) is 25.7. The number of benzene rings is 1.